The Morgan fingerprint density at radius 3 is 2.77 bits per heavy atom. The van der Waals surface area contributed by atoms with E-state index < -0.39 is 0 Å². The monoisotopic (exact) mass is 320 g/mol. The number of methoxy groups -OCH3 is 1. The van der Waals surface area contributed by atoms with Crippen LogP contribution in [0.25, 0.3) is 0 Å². The number of amides is 1. The van der Waals surface area contributed by atoms with Gasteiger partial charge in [-0.3, -0.25) is 9.59 Å². The number of fused-ring (bicyclic) bond motifs is 2. The first-order valence-corrected chi connectivity index (χ1v) is 8.89. The summed E-state index contributed by atoms with van der Waals surface area (Å²) < 4.78 is 4.96. The van der Waals surface area contributed by atoms with E-state index in [-0.39, 0.29) is 23.8 Å². The number of carbonyl (C=O) groups is 2. The maximum atomic E-state index is 12.7. The molecule has 118 valence electrons. The van der Waals surface area contributed by atoms with Gasteiger partial charge in [0.2, 0.25) is 0 Å². The number of hydrogen-bond acceptors (Lipinski definition) is 5. The molecule has 22 heavy (non-hydrogen) atoms. The third-order valence-corrected chi connectivity index (χ3v) is 6.29. The molecule has 3 aliphatic rings. The first kappa shape index (κ1) is 14.2. The summed E-state index contributed by atoms with van der Waals surface area (Å²) in [6.07, 6.45) is 5.46. The Labute approximate surface area is 133 Å². The SMILES string of the molecule is COC(=O)[C@@H]1[C@H]2CC[C@@H](C2)[C@@H]1NC(=O)c1scnc1C1CC1. The molecule has 3 fully saturated rings. The van der Waals surface area contributed by atoms with Crippen molar-refractivity contribution in [2.45, 2.75) is 44.1 Å². The fraction of sp³-hybridized carbons (Fsp3) is 0.688. The summed E-state index contributed by atoms with van der Waals surface area (Å²) in [6.45, 7) is 0. The molecule has 0 aromatic carbocycles. The van der Waals surface area contributed by atoms with Crippen LogP contribution in [0.15, 0.2) is 5.51 Å². The first-order chi connectivity index (χ1) is 10.7. The Kier molecular flexibility index (Phi) is 3.44. The van der Waals surface area contributed by atoms with E-state index in [4.69, 9.17) is 4.74 Å². The lowest BCUT2D eigenvalue weighted by Gasteiger charge is -2.29. The van der Waals surface area contributed by atoms with Gasteiger partial charge in [-0.15, -0.1) is 11.3 Å². The number of ether oxygens (including phenoxy) is 1. The molecule has 1 amide bonds. The Hall–Kier alpha value is -1.43. The minimum atomic E-state index is -0.177. The van der Waals surface area contributed by atoms with Crippen LogP contribution in [0, 0.1) is 17.8 Å². The van der Waals surface area contributed by atoms with E-state index in [0.717, 1.165) is 42.7 Å². The number of hydrogen-bond donors (Lipinski definition) is 1. The van der Waals surface area contributed by atoms with Gasteiger partial charge in [0.1, 0.15) is 4.88 Å². The highest BCUT2D eigenvalue weighted by molar-refractivity contribution is 7.11. The van der Waals surface area contributed by atoms with Crippen LogP contribution in [0.5, 0.6) is 0 Å². The summed E-state index contributed by atoms with van der Waals surface area (Å²) in [5.41, 5.74) is 2.70. The lowest BCUT2D eigenvalue weighted by Crippen LogP contribution is -2.47. The van der Waals surface area contributed by atoms with Gasteiger partial charge in [0, 0.05) is 12.0 Å². The minimum absolute atomic E-state index is 0.0594. The van der Waals surface area contributed by atoms with Crippen molar-refractivity contribution in [3.8, 4) is 0 Å². The van der Waals surface area contributed by atoms with E-state index in [1.54, 1.807) is 5.51 Å². The molecule has 5 nitrogen and oxygen atoms in total. The second-order valence-corrected chi connectivity index (χ2v) is 7.58. The number of nitrogens with zero attached hydrogens (tertiary/aromatic N) is 1. The molecule has 1 aromatic rings. The third-order valence-electron chi connectivity index (χ3n) is 5.45. The number of rotatable bonds is 4. The average molecular weight is 320 g/mol. The van der Waals surface area contributed by atoms with Gasteiger partial charge in [-0.25, -0.2) is 4.98 Å². The molecule has 1 aromatic heterocycles. The van der Waals surface area contributed by atoms with E-state index in [1.165, 1.54) is 18.4 Å². The fourth-order valence-corrected chi connectivity index (χ4v) is 5.04. The zero-order valence-electron chi connectivity index (χ0n) is 12.6. The summed E-state index contributed by atoms with van der Waals surface area (Å²) in [5.74, 6) is 0.830. The molecule has 3 saturated carbocycles. The highest BCUT2D eigenvalue weighted by atomic mass is 32.1. The molecule has 3 aliphatic carbocycles. The summed E-state index contributed by atoms with van der Waals surface area (Å²) in [6, 6.07) is -0.0761. The zero-order valence-corrected chi connectivity index (χ0v) is 13.4. The van der Waals surface area contributed by atoms with Crippen molar-refractivity contribution < 1.29 is 14.3 Å². The summed E-state index contributed by atoms with van der Waals surface area (Å²) in [7, 11) is 1.43. The van der Waals surface area contributed by atoms with Crippen molar-refractivity contribution >= 4 is 23.2 Å². The molecule has 0 saturated heterocycles. The highest BCUT2D eigenvalue weighted by Crippen LogP contribution is 2.49. The molecule has 2 bridgehead atoms. The molecule has 4 rings (SSSR count). The predicted octanol–water partition coefficient (Wildman–Crippen LogP) is 2.34. The number of aromatic nitrogens is 1. The van der Waals surface area contributed by atoms with Gasteiger partial charge in [0.05, 0.1) is 24.2 Å². The number of nitrogens with one attached hydrogen (secondary N) is 1. The lowest BCUT2D eigenvalue weighted by molar-refractivity contribution is -0.148. The molecule has 1 heterocycles. The summed E-state index contributed by atoms with van der Waals surface area (Å²) in [5, 5.41) is 3.13. The molecule has 0 unspecified atom stereocenters. The largest absolute Gasteiger partial charge is 0.469 e. The van der Waals surface area contributed by atoms with Crippen molar-refractivity contribution in [1.82, 2.24) is 10.3 Å². The van der Waals surface area contributed by atoms with Gasteiger partial charge in [0.25, 0.3) is 5.91 Å². The average Bonchev–Trinajstić information content (AvgIpc) is 2.97. The van der Waals surface area contributed by atoms with Gasteiger partial charge in [-0.2, -0.15) is 0 Å². The van der Waals surface area contributed by atoms with Crippen LogP contribution in [0.1, 0.15) is 53.4 Å². The van der Waals surface area contributed by atoms with E-state index in [9.17, 15) is 9.59 Å². The van der Waals surface area contributed by atoms with Crippen molar-refractivity contribution in [2.75, 3.05) is 7.11 Å². The number of esters is 1. The summed E-state index contributed by atoms with van der Waals surface area (Å²) >= 11 is 1.41. The van der Waals surface area contributed by atoms with Gasteiger partial charge in [0.15, 0.2) is 0 Å². The second kappa shape index (κ2) is 5.33. The fourth-order valence-electron chi connectivity index (χ4n) is 4.26. The molecule has 0 aliphatic heterocycles. The first-order valence-electron chi connectivity index (χ1n) is 8.01. The molecular formula is C16H20N2O3S. The number of carbonyl (C=O) groups excluding carboxylic acids is 2. The van der Waals surface area contributed by atoms with E-state index >= 15 is 0 Å². The minimum Gasteiger partial charge on any atom is -0.469 e. The third kappa shape index (κ3) is 2.24. The van der Waals surface area contributed by atoms with Crippen molar-refractivity contribution in [3.05, 3.63) is 16.1 Å². The van der Waals surface area contributed by atoms with Crippen LogP contribution in [0.4, 0.5) is 0 Å². The predicted molar refractivity (Wildman–Crippen MR) is 81.7 cm³/mol. The topological polar surface area (TPSA) is 68.3 Å². The standard InChI is InChI=1S/C16H20N2O3S/c1-21-16(20)11-9-4-5-10(6-9)12(11)18-15(19)14-13(8-2-3-8)17-7-22-14/h7-12H,2-6H2,1H3,(H,18,19)/t9-,10-,11+,12-/m0/s1. The van der Waals surface area contributed by atoms with Gasteiger partial charge in [-0.1, -0.05) is 0 Å². The molecule has 0 spiro atoms. The Balaban J connectivity index is 1.53. The van der Waals surface area contributed by atoms with E-state index in [2.05, 4.69) is 10.3 Å². The van der Waals surface area contributed by atoms with Gasteiger partial charge >= 0.3 is 5.97 Å². The maximum absolute atomic E-state index is 12.7. The van der Waals surface area contributed by atoms with Crippen molar-refractivity contribution in [2.24, 2.45) is 17.8 Å². The Bertz CT molecular complexity index is 610. The Morgan fingerprint density at radius 1 is 1.27 bits per heavy atom. The van der Waals surface area contributed by atoms with Crippen LogP contribution in [0.3, 0.4) is 0 Å². The molecule has 4 atom stereocenters. The normalized spacial score (nSPS) is 33.0. The van der Waals surface area contributed by atoms with E-state index in [0.29, 0.717) is 17.8 Å². The Morgan fingerprint density at radius 2 is 2.05 bits per heavy atom. The van der Waals surface area contributed by atoms with E-state index in [1.807, 2.05) is 0 Å². The van der Waals surface area contributed by atoms with Crippen LogP contribution in [-0.2, 0) is 9.53 Å². The molecule has 1 N–H and O–H groups in total. The maximum Gasteiger partial charge on any atom is 0.311 e. The van der Waals surface area contributed by atoms with Gasteiger partial charge in [-0.05, 0) is 43.9 Å². The van der Waals surface area contributed by atoms with Crippen molar-refractivity contribution in [1.29, 1.82) is 0 Å². The molecule has 6 heteroatoms. The van der Waals surface area contributed by atoms with Crippen LogP contribution in [-0.4, -0.2) is 30.0 Å². The van der Waals surface area contributed by atoms with Crippen LogP contribution < -0.4 is 5.32 Å². The molecule has 0 radical (unpaired) electrons. The number of thiazole rings is 1. The van der Waals surface area contributed by atoms with Gasteiger partial charge < -0.3 is 10.1 Å². The lowest BCUT2D eigenvalue weighted by atomic mass is 9.84. The highest BCUT2D eigenvalue weighted by Gasteiger charge is 2.52. The second-order valence-electron chi connectivity index (χ2n) is 6.72. The van der Waals surface area contributed by atoms with Crippen LogP contribution in [0.2, 0.25) is 0 Å². The quantitative estimate of drug-likeness (QED) is 0.865. The summed E-state index contributed by atoms with van der Waals surface area (Å²) in [4.78, 5) is 29.8. The van der Waals surface area contributed by atoms with Crippen LogP contribution >= 0.6 is 11.3 Å². The smallest absolute Gasteiger partial charge is 0.311 e. The molecular weight excluding hydrogens is 300 g/mol. The zero-order chi connectivity index (χ0) is 15.3. The van der Waals surface area contributed by atoms with Crippen molar-refractivity contribution in [3.63, 3.8) is 0 Å².